The highest BCUT2D eigenvalue weighted by Gasteiger charge is 2.55. The Bertz CT molecular complexity index is 317. The van der Waals surface area contributed by atoms with Gasteiger partial charge in [0.25, 0.3) is 0 Å². The van der Waals surface area contributed by atoms with Gasteiger partial charge in [0.15, 0.2) is 0 Å². The van der Waals surface area contributed by atoms with Crippen LogP contribution in [0.4, 0.5) is 22.0 Å². The van der Waals surface area contributed by atoms with E-state index in [9.17, 15) is 26.2 Å². The van der Waals surface area contributed by atoms with Gasteiger partial charge in [-0.25, -0.2) is 0 Å². The Morgan fingerprint density at radius 1 is 0.950 bits per heavy atom. The highest BCUT2D eigenvalue weighted by Crippen LogP contribution is 2.36. The Morgan fingerprint density at radius 2 is 1.50 bits per heavy atom. The summed E-state index contributed by atoms with van der Waals surface area (Å²) in [6.07, 6.45) is -0.834. The molecule has 0 saturated carbocycles. The van der Waals surface area contributed by atoms with E-state index in [1.165, 1.54) is 0 Å². The lowest BCUT2D eigenvalue weighted by molar-refractivity contribution is -0.259. The van der Waals surface area contributed by atoms with Crippen LogP contribution in [0.5, 0.6) is 0 Å². The van der Waals surface area contributed by atoms with Gasteiger partial charge in [-0.15, -0.1) is 11.6 Å². The third-order valence-electron chi connectivity index (χ3n) is 2.49. The molecule has 0 saturated heterocycles. The Hall–Kier alpha value is -0.170. The second-order valence-corrected chi connectivity index (χ2v) is 6.29. The van der Waals surface area contributed by atoms with Crippen molar-refractivity contribution in [3.05, 3.63) is 12.2 Å². The summed E-state index contributed by atoms with van der Waals surface area (Å²) >= 11 is 5.49. The zero-order valence-electron chi connectivity index (χ0n) is 10.9. The lowest BCUT2D eigenvalue weighted by Gasteiger charge is -2.15. The maximum absolute atomic E-state index is 12.5. The first kappa shape index (κ1) is 19.8. The summed E-state index contributed by atoms with van der Waals surface area (Å²) in [4.78, 5) is 0. The van der Waals surface area contributed by atoms with Gasteiger partial charge in [-0.1, -0.05) is 25.3 Å². The highest BCUT2D eigenvalue weighted by molar-refractivity contribution is 7.85. The van der Waals surface area contributed by atoms with Gasteiger partial charge in [0.05, 0.1) is 0 Å². The SMILES string of the molecule is O=S(C/C=C/C(F)(F)C(F)(F)F)CCCCCCCCl. The van der Waals surface area contributed by atoms with Crippen LogP contribution in [0.25, 0.3) is 0 Å². The topological polar surface area (TPSA) is 17.1 Å². The van der Waals surface area contributed by atoms with Crippen LogP contribution < -0.4 is 0 Å². The molecule has 0 rings (SSSR count). The van der Waals surface area contributed by atoms with Crippen LogP contribution in [0.1, 0.15) is 32.1 Å². The molecule has 20 heavy (non-hydrogen) atoms. The molecule has 0 aliphatic carbocycles. The van der Waals surface area contributed by atoms with E-state index in [1.54, 1.807) is 0 Å². The predicted molar refractivity (Wildman–Crippen MR) is 71.8 cm³/mol. The quantitative estimate of drug-likeness (QED) is 0.244. The van der Waals surface area contributed by atoms with Gasteiger partial charge >= 0.3 is 12.1 Å². The summed E-state index contributed by atoms with van der Waals surface area (Å²) in [5.41, 5.74) is 0. The average molecular weight is 341 g/mol. The van der Waals surface area contributed by atoms with Gasteiger partial charge in [-0.3, -0.25) is 4.21 Å². The number of rotatable bonds is 10. The van der Waals surface area contributed by atoms with Gasteiger partial charge in [0.2, 0.25) is 0 Å². The molecule has 1 unspecified atom stereocenters. The molecule has 1 nitrogen and oxygen atoms in total. The fourth-order valence-electron chi connectivity index (χ4n) is 1.37. The molecule has 0 radical (unpaired) electrons. The lowest BCUT2D eigenvalue weighted by Crippen LogP contribution is -2.34. The van der Waals surface area contributed by atoms with E-state index in [0.29, 0.717) is 24.1 Å². The molecule has 0 aromatic carbocycles. The highest BCUT2D eigenvalue weighted by atomic mass is 35.5. The van der Waals surface area contributed by atoms with E-state index < -0.39 is 22.9 Å². The van der Waals surface area contributed by atoms with Gasteiger partial charge in [0, 0.05) is 28.2 Å². The van der Waals surface area contributed by atoms with Crippen LogP contribution in [0.2, 0.25) is 0 Å². The fraction of sp³-hybridized carbons (Fsp3) is 0.833. The van der Waals surface area contributed by atoms with Crippen molar-refractivity contribution in [2.75, 3.05) is 17.4 Å². The average Bonchev–Trinajstić information content (AvgIpc) is 2.32. The minimum atomic E-state index is -5.60. The second-order valence-electron chi connectivity index (χ2n) is 4.29. The molecule has 1 atom stereocenters. The first-order chi connectivity index (χ1) is 9.20. The summed E-state index contributed by atoms with van der Waals surface area (Å²) in [5.74, 6) is -4.24. The van der Waals surface area contributed by atoms with Crippen LogP contribution in [0.15, 0.2) is 12.2 Å². The minimum Gasteiger partial charge on any atom is -0.259 e. The predicted octanol–water partition coefficient (Wildman–Crippen LogP) is 4.68. The van der Waals surface area contributed by atoms with Crippen LogP contribution in [0, 0.1) is 0 Å². The summed E-state index contributed by atoms with van der Waals surface area (Å²) in [5, 5.41) is 0. The van der Waals surface area contributed by atoms with Crippen molar-refractivity contribution in [3.8, 4) is 0 Å². The molecule has 120 valence electrons. The smallest absolute Gasteiger partial charge is 0.259 e. The molecular weight excluding hydrogens is 323 g/mol. The third kappa shape index (κ3) is 8.89. The van der Waals surface area contributed by atoms with Crippen molar-refractivity contribution < 1.29 is 26.2 Å². The van der Waals surface area contributed by atoms with E-state index in [1.807, 2.05) is 0 Å². The molecular formula is C12H18ClF5OS. The Balaban J connectivity index is 3.83. The van der Waals surface area contributed by atoms with Crippen molar-refractivity contribution >= 4 is 22.4 Å². The fourth-order valence-corrected chi connectivity index (χ4v) is 2.56. The van der Waals surface area contributed by atoms with Crippen LogP contribution in [-0.2, 0) is 10.8 Å². The van der Waals surface area contributed by atoms with E-state index >= 15 is 0 Å². The third-order valence-corrected chi connectivity index (χ3v) is 4.07. The summed E-state index contributed by atoms with van der Waals surface area (Å²) in [6, 6.07) is 0. The first-order valence-electron chi connectivity index (χ1n) is 6.24. The molecule has 0 amide bonds. The Kier molecular flexibility index (Phi) is 9.63. The molecule has 0 fully saturated rings. The van der Waals surface area contributed by atoms with Gasteiger partial charge in [0.1, 0.15) is 0 Å². The van der Waals surface area contributed by atoms with Gasteiger partial charge in [-0.2, -0.15) is 22.0 Å². The number of alkyl halides is 6. The molecule has 0 heterocycles. The van der Waals surface area contributed by atoms with E-state index in [-0.39, 0.29) is 11.8 Å². The standard InChI is InChI=1S/C12H18ClF5OS/c13-8-4-2-1-3-5-9-20(19)10-6-7-11(14,15)12(16,17)18/h6-7H,1-5,8-10H2/b7-6+. The number of allylic oxidation sites excluding steroid dienone is 1. The maximum Gasteiger partial charge on any atom is 0.457 e. The largest absolute Gasteiger partial charge is 0.457 e. The van der Waals surface area contributed by atoms with Crippen LogP contribution in [-0.4, -0.2) is 33.7 Å². The minimum absolute atomic E-state index is 0.231. The monoisotopic (exact) mass is 340 g/mol. The molecule has 0 N–H and O–H groups in total. The summed E-state index contributed by atoms with van der Waals surface area (Å²) in [7, 11) is -1.40. The molecule has 0 aliphatic heterocycles. The van der Waals surface area contributed by atoms with Crippen molar-refractivity contribution in [2.24, 2.45) is 0 Å². The lowest BCUT2D eigenvalue weighted by atomic mass is 10.2. The molecule has 0 aromatic heterocycles. The van der Waals surface area contributed by atoms with Crippen LogP contribution in [0.3, 0.4) is 0 Å². The normalized spacial score (nSPS) is 14.9. The van der Waals surface area contributed by atoms with E-state index in [4.69, 9.17) is 11.6 Å². The second kappa shape index (κ2) is 9.71. The Morgan fingerprint density at radius 3 is 2.05 bits per heavy atom. The number of halogens is 6. The van der Waals surface area contributed by atoms with Crippen molar-refractivity contribution in [1.82, 2.24) is 0 Å². The molecule has 8 heteroatoms. The molecule has 0 bridgehead atoms. The maximum atomic E-state index is 12.5. The van der Waals surface area contributed by atoms with Gasteiger partial charge < -0.3 is 0 Å². The van der Waals surface area contributed by atoms with E-state index in [0.717, 1.165) is 25.7 Å². The van der Waals surface area contributed by atoms with Gasteiger partial charge in [-0.05, 0) is 18.9 Å². The molecule has 0 aliphatic rings. The summed E-state index contributed by atoms with van der Waals surface area (Å²) in [6.45, 7) is 0. The first-order valence-corrected chi connectivity index (χ1v) is 8.26. The van der Waals surface area contributed by atoms with Crippen molar-refractivity contribution in [1.29, 1.82) is 0 Å². The number of hydrogen-bond acceptors (Lipinski definition) is 1. The number of unbranched alkanes of at least 4 members (excludes halogenated alkanes) is 4. The summed E-state index contributed by atoms with van der Waals surface area (Å²) < 4.78 is 71.8. The van der Waals surface area contributed by atoms with E-state index in [2.05, 4.69) is 0 Å². The zero-order valence-corrected chi connectivity index (χ0v) is 12.5. The van der Waals surface area contributed by atoms with Crippen molar-refractivity contribution in [3.63, 3.8) is 0 Å². The molecule has 0 spiro atoms. The van der Waals surface area contributed by atoms with Crippen molar-refractivity contribution in [2.45, 2.75) is 44.2 Å². The zero-order chi connectivity index (χ0) is 15.6. The molecule has 0 aromatic rings. The Labute approximate surface area is 123 Å². The van der Waals surface area contributed by atoms with Crippen LogP contribution >= 0.6 is 11.6 Å². The number of hydrogen-bond donors (Lipinski definition) is 0.